The normalized spacial score (nSPS) is 10.7. The second-order valence-electron chi connectivity index (χ2n) is 4.59. The van der Waals surface area contributed by atoms with Crippen molar-refractivity contribution in [2.75, 3.05) is 12.4 Å². The first-order chi connectivity index (χ1) is 11.2. The minimum atomic E-state index is -0.604. The fraction of sp³-hybridized carbons (Fsp3) is 0.0588. The van der Waals surface area contributed by atoms with E-state index >= 15 is 0 Å². The van der Waals surface area contributed by atoms with Gasteiger partial charge in [-0.2, -0.15) is 4.39 Å². The molecule has 0 bridgehead atoms. The highest BCUT2D eigenvalue weighted by atomic mass is 32.1. The van der Waals surface area contributed by atoms with Gasteiger partial charge in [0, 0.05) is 7.05 Å². The largest absolute Gasteiger partial charge is 0.508 e. The number of hydrogen-bond acceptors (Lipinski definition) is 5. The number of phenols is 1. The Bertz CT molecular complexity index is 953. The minimum Gasteiger partial charge on any atom is -0.508 e. The summed E-state index contributed by atoms with van der Waals surface area (Å²) in [4.78, 5) is 8.12. The molecule has 0 saturated carbocycles. The second kappa shape index (κ2) is 6.46. The van der Waals surface area contributed by atoms with Gasteiger partial charge in [0.2, 0.25) is 5.95 Å². The van der Waals surface area contributed by atoms with Crippen LogP contribution < -0.4 is 5.32 Å². The van der Waals surface area contributed by atoms with Gasteiger partial charge in [0.1, 0.15) is 16.6 Å². The molecule has 0 aliphatic heterocycles. The number of anilines is 1. The molecule has 4 nitrogen and oxygen atoms in total. The number of thiazole rings is 1. The monoisotopic (exact) mass is 325 g/mol. The van der Waals surface area contributed by atoms with Crippen molar-refractivity contribution < 1.29 is 9.50 Å². The van der Waals surface area contributed by atoms with Crippen LogP contribution in [0.3, 0.4) is 0 Å². The van der Waals surface area contributed by atoms with E-state index in [9.17, 15) is 9.50 Å². The number of aromatic hydroxyl groups is 1. The summed E-state index contributed by atoms with van der Waals surface area (Å²) in [6.45, 7) is 0. The fourth-order valence-electron chi connectivity index (χ4n) is 1.90. The van der Waals surface area contributed by atoms with E-state index in [1.165, 1.54) is 11.3 Å². The van der Waals surface area contributed by atoms with Crippen molar-refractivity contribution in [2.45, 2.75) is 0 Å². The van der Waals surface area contributed by atoms with Crippen molar-refractivity contribution in [1.29, 1.82) is 0 Å². The first-order valence-electron chi connectivity index (χ1n) is 6.77. The summed E-state index contributed by atoms with van der Waals surface area (Å²) in [6, 6.07) is 8.27. The van der Waals surface area contributed by atoms with Crippen LogP contribution >= 0.6 is 11.3 Å². The lowest BCUT2D eigenvalue weighted by Crippen LogP contribution is -1.96. The number of hydrogen-bond donors (Lipinski definition) is 2. The van der Waals surface area contributed by atoms with Crippen LogP contribution in [0.2, 0.25) is 0 Å². The molecule has 114 valence electrons. The zero-order valence-corrected chi connectivity index (χ0v) is 13.0. The molecule has 0 atom stereocenters. The molecule has 0 radical (unpaired) electrons. The predicted molar refractivity (Wildman–Crippen MR) is 90.9 cm³/mol. The lowest BCUT2D eigenvalue weighted by atomic mass is 10.2. The van der Waals surface area contributed by atoms with Crippen LogP contribution in [-0.2, 0) is 0 Å². The number of pyridine rings is 1. The number of nitrogens with zero attached hydrogens (tertiary/aromatic N) is 2. The molecule has 3 aromatic rings. The van der Waals surface area contributed by atoms with E-state index in [-0.39, 0.29) is 11.3 Å². The van der Waals surface area contributed by atoms with E-state index in [0.29, 0.717) is 5.82 Å². The standard InChI is InChI=1S/C17H12FN3OS/c1-19-15-9-6-11(17(18)21-15)4-2-3-5-16-20-13-8-7-12(22)10-14(13)23-16/h3,5-10,22H,1H3,(H,19,21)/b5-3+. The highest BCUT2D eigenvalue weighted by molar-refractivity contribution is 7.19. The zero-order chi connectivity index (χ0) is 16.2. The molecule has 23 heavy (non-hydrogen) atoms. The number of aromatic nitrogens is 2. The molecule has 0 spiro atoms. The maximum absolute atomic E-state index is 13.7. The van der Waals surface area contributed by atoms with Crippen molar-refractivity contribution in [3.63, 3.8) is 0 Å². The Kier molecular flexibility index (Phi) is 4.22. The van der Waals surface area contributed by atoms with E-state index < -0.39 is 5.95 Å². The lowest BCUT2D eigenvalue weighted by Gasteiger charge is -1.98. The van der Waals surface area contributed by atoms with Crippen LogP contribution in [0.25, 0.3) is 16.3 Å². The van der Waals surface area contributed by atoms with Crippen molar-refractivity contribution in [3.8, 4) is 17.6 Å². The number of halogens is 1. The Hall–Kier alpha value is -2.91. The van der Waals surface area contributed by atoms with E-state index in [2.05, 4.69) is 27.1 Å². The fourth-order valence-corrected chi connectivity index (χ4v) is 2.80. The molecule has 1 aromatic carbocycles. The van der Waals surface area contributed by atoms with E-state index in [4.69, 9.17) is 0 Å². The number of nitrogens with one attached hydrogen (secondary N) is 1. The number of fused-ring (bicyclic) bond motifs is 1. The highest BCUT2D eigenvalue weighted by Gasteiger charge is 2.02. The molecule has 0 aliphatic rings. The van der Waals surface area contributed by atoms with Gasteiger partial charge < -0.3 is 10.4 Å². The first kappa shape index (κ1) is 15.0. The Labute approximate surface area is 136 Å². The third-order valence-electron chi connectivity index (χ3n) is 3.01. The predicted octanol–water partition coefficient (Wildman–Crippen LogP) is 3.64. The van der Waals surface area contributed by atoms with Gasteiger partial charge in [0.05, 0.1) is 15.8 Å². The van der Waals surface area contributed by atoms with E-state index in [0.717, 1.165) is 15.2 Å². The average Bonchev–Trinajstić information content (AvgIpc) is 2.94. The molecule has 0 amide bonds. The van der Waals surface area contributed by atoms with Crippen molar-refractivity contribution in [1.82, 2.24) is 9.97 Å². The minimum absolute atomic E-state index is 0.212. The summed E-state index contributed by atoms with van der Waals surface area (Å²) < 4.78 is 14.6. The van der Waals surface area contributed by atoms with Gasteiger partial charge in [-0.25, -0.2) is 9.97 Å². The number of phenolic OH excluding ortho intramolecular Hbond substituents is 1. The highest BCUT2D eigenvalue weighted by Crippen LogP contribution is 2.26. The summed E-state index contributed by atoms with van der Waals surface area (Å²) >= 11 is 1.45. The van der Waals surface area contributed by atoms with Crippen molar-refractivity contribution in [3.05, 3.63) is 52.9 Å². The van der Waals surface area contributed by atoms with Gasteiger partial charge in [0.15, 0.2) is 0 Å². The summed E-state index contributed by atoms with van der Waals surface area (Å²) in [5.74, 6) is 5.55. The molecule has 2 N–H and O–H groups in total. The zero-order valence-electron chi connectivity index (χ0n) is 12.2. The van der Waals surface area contributed by atoms with Crippen LogP contribution in [0.15, 0.2) is 36.4 Å². The maximum atomic E-state index is 13.7. The third kappa shape index (κ3) is 3.47. The van der Waals surface area contributed by atoms with E-state index in [1.54, 1.807) is 49.5 Å². The summed E-state index contributed by atoms with van der Waals surface area (Å²) in [5.41, 5.74) is 1.06. The lowest BCUT2D eigenvalue weighted by molar-refractivity contribution is 0.476. The number of rotatable bonds is 2. The van der Waals surface area contributed by atoms with Crippen molar-refractivity contribution in [2.24, 2.45) is 0 Å². The average molecular weight is 325 g/mol. The smallest absolute Gasteiger partial charge is 0.230 e. The van der Waals surface area contributed by atoms with Gasteiger partial charge in [-0.3, -0.25) is 0 Å². The Balaban J connectivity index is 1.78. The van der Waals surface area contributed by atoms with Crippen LogP contribution in [0.5, 0.6) is 5.75 Å². The topological polar surface area (TPSA) is 58.0 Å². The first-order valence-corrected chi connectivity index (χ1v) is 7.59. The Morgan fingerprint density at radius 1 is 1.26 bits per heavy atom. The molecule has 6 heteroatoms. The molecule has 0 aliphatic carbocycles. The molecule has 0 unspecified atom stereocenters. The van der Waals surface area contributed by atoms with Gasteiger partial charge in [-0.15, -0.1) is 11.3 Å². The molecule has 2 heterocycles. The molecular weight excluding hydrogens is 313 g/mol. The summed E-state index contributed by atoms with van der Waals surface area (Å²) in [5, 5.41) is 13.0. The number of benzene rings is 1. The van der Waals surface area contributed by atoms with Crippen LogP contribution in [0.4, 0.5) is 10.2 Å². The van der Waals surface area contributed by atoms with Gasteiger partial charge in [-0.05, 0) is 42.5 Å². The van der Waals surface area contributed by atoms with Crippen LogP contribution in [0, 0.1) is 17.8 Å². The Morgan fingerprint density at radius 3 is 2.91 bits per heavy atom. The molecule has 3 rings (SSSR count). The van der Waals surface area contributed by atoms with Gasteiger partial charge in [0.25, 0.3) is 0 Å². The van der Waals surface area contributed by atoms with Gasteiger partial charge >= 0.3 is 0 Å². The molecule has 2 aromatic heterocycles. The molecule has 0 saturated heterocycles. The quantitative estimate of drug-likeness (QED) is 0.558. The van der Waals surface area contributed by atoms with Gasteiger partial charge in [-0.1, -0.05) is 11.8 Å². The SMILES string of the molecule is CNc1ccc(C#C/C=C/c2nc3ccc(O)cc3s2)c(F)n1. The number of allylic oxidation sites excluding steroid dienone is 1. The molecule has 0 fully saturated rings. The summed E-state index contributed by atoms with van der Waals surface area (Å²) in [6.07, 6.45) is 3.37. The van der Waals surface area contributed by atoms with Crippen LogP contribution in [0.1, 0.15) is 10.6 Å². The maximum Gasteiger partial charge on any atom is 0.230 e. The van der Waals surface area contributed by atoms with Crippen molar-refractivity contribution >= 4 is 33.4 Å². The molecular formula is C17H12FN3OS. The Morgan fingerprint density at radius 2 is 2.13 bits per heavy atom. The second-order valence-corrected chi connectivity index (χ2v) is 5.65. The van der Waals surface area contributed by atoms with E-state index in [1.807, 2.05) is 0 Å². The third-order valence-corrected chi connectivity index (χ3v) is 3.99. The van der Waals surface area contributed by atoms with Crippen LogP contribution in [-0.4, -0.2) is 22.1 Å². The summed E-state index contributed by atoms with van der Waals surface area (Å²) in [7, 11) is 1.67.